The van der Waals surface area contributed by atoms with Gasteiger partial charge in [-0.05, 0) is 42.5 Å². The third-order valence-corrected chi connectivity index (χ3v) is 8.00. The van der Waals surface area contributed by atoms with E-state index in [1.807, 2.05) is 0 Å². The summed E-state index contributed by atoms with van der Waals surface area (Å²) in [5.41, 5.74) is 0.864. The largest absolute Gasteiger partial charge is 0.497 e. The Bertz CT molecular complexity index is 2010. The van der Waals surface area contributed by atoms with Crippen molar-refractivity contribution in [3.8, 4) is 5.75 Å². The molecular weight excluding hydrogens is 540 g/mol. The first-order valence-corrected chi connectivity index (χ1v) is 13.1. The van der Waals surface area contributed by atoms with Gasteiger partial charge in [0.15, 0.2) is 0 Å². The second kappa shape index (κ2) is 9.74. The second-order valence-corrected chi connectivity index (χ2v) is 10.4. The van der Waals surface area contributed by atoms with Crippen molar-refractivity contribution in [3.05, 3.63) is 104 Å². The van der Waals surface area contributed by atoms with E-state index in [4.69, 9.17) is 9.15 Å². The highest BCUT2D eigenvalue weighted by Crippen LogP contribution is 2.35. The maximum absolute atomic E-state index is 13.8. The highest BCUT2D eigenvalue weighted by atomic mass is 32.1. The fourth-order valence-corrected chi connectivity index (χ4v) is 5.87. The second-order valence-electron chi connectivity index (χ2n) is 8.30. The van der Waals surface area contributed by atoms with Crippen molar-refractivity contribution in [2.24, 2.45) is 5.10 Å². The Hall–Kier alpha value is -4.94. The van der Waals surface area contributed by atoms with Crippen molar-refractivity contribution >= 4 is 76.9 Å². The van der Waals surface area contributed by atoms with Crippen LogP contribution in [0.3, 0.4) is 0 Å². The number of carbonyl (C=O) groups is 1. The summed E-state index contributed by atoms with van der Waals surface area (Å²) in [6, 6.07) is 18.2. The van der Waals surface area contributed by atoms with Crippen LogP contribution >= 0.6 is 22.7 Å². The summed E-state index contributed by atoms with van der Waals surface area (Å²) in [5.74, 6) is 0.130. The molecule has 0 saturated heterocycles. The van der Waals surface area contributed by atoms with Crippen LogP contribution in [-0.2, 0) is 0 Å². The zero-order valence-electron chi connectivity index (χ0n) is 20.1. The Balaban J connectivity index is 1.45. The van der Waals surface area contributed by atoms with Crippen LogP contribution in [0, 0.1) is 10.1 Å². The third kappa shape index (κ3) is 4.51. The van der Waals surface area contributed by atoms with Gasteiger partial charge in [-0.1, -0.05) is 23.5 Å². The number of thiophene rings is 1. The minimum Gasteiger partial charge on any atom is -0.497 e. The van der Waals surface area contributed by atoms with Crippen LogP contribution in [0.1, 0.15) is 15.2 Å². The van der Waals surface area contributed by atoms with Crippen molar-refractivity contribution in [1.82, 2.24) is 4.98 Å². The number of methoxy groups -OCH3 is 1. The topological polar surface area (TPSA) is 128 Å². The fourth-order valence-electron chi connectivity index (χ4n) is 3.96. The van der Waals surface area contributed by atoms with E-state index in [2.05, 4.69) is 10.1 Å². The first-order valence-electron chi connectivity index (χ1n) is 11.4. The number of non-ortho nitro benzene ring substituents is 1. The molecule has 0 aliphatic carbocycles. The van der Waals surface area contributed by atoms with E-state index in [0.717, 1.165) is 9.71 Å². The van der Waals surface area contributed by atoms with Crippen molar-refractivity contribution < 1.29 is 18.9 Å². The molecule has 12 heteroatoms. The number of fused-ring (bicyclic) bond motifs is 3. The summed E-state index contributed by atoms with van der Waals surface area (Å²) in [5, 5.41) is 17.9. The molecule has 0 spiro atoms. The van der Waals surface area contributed by atoms with Gasteiger partial charge in [-0.2, -0.15) is 10.1 Å². The van der Waals surface area contributed by atoms with Crippen molar-refractivity contribution in [3.63, 3.8) is 0 Å². The van der Waals surface area contributed by atoms with Crippen LogP contribution in [0.4, 0.5) is 10.8 Å². The number of hydrazone groups is 1. The highest BCUT2D eigenvalue weighted by Gasteiger charge is 2.24. The molecule has 39 heavy (non-hydrogen) atoms. The zero-order valence-corrected chi connectivity index (χ0v) is 21.7. The van der Waals surface area contributed by atoms with Crippen LogP contribution in [0.2, 0.25) is 0 Å². The lowest BCUT2D eigenvalue weighted by atomic mass is 10.2. The molecule has 3 aromatic heterocycles. The Morgan fingerprint density at radius 2 is 1.95 bits per heavy atom. The lowest BCUT2D eigenvalue weighted by molar-refractivity contribution is -0.384. The SMILES string of the molecule is COc1ccc2nc(N(/N=C/c3coc4ccccc4c3=O)C(=O)c3cc4cc([N+](=O)[O-])ccc4s3)sc2c1. The maximum atomic E-state index is 13.8. The van der Waals surface area contributed by atoms with E-state index in [0.29, 0.717) is 37.2 Å². The van der Waals surface area contributed by atoms with E-state index in [1.165, 1.54) is 47.3 Å². The summed E-state index contributed by atoms with van der Waals surface area (Å²) in [6.07, 6.45) is 2.56. The number of benzene rings is 3. The molecule has 0 aliphatic heterocycles. The lowest BCUT2D eigenvalue weighted by Gasteiger charge is -2.12. The number of nitrogens with zero attached hydrogens (tertiary/aromatic N) is 4. The number of hydrogen-bond donors (Lipinski definition) is 0. The first kappa shape index (κ1) is 24.4. The predicted octanol–water partition coefficient (Wildman–Crippen LogP) is 6.22. The molecule has 0 saturated carbocycles. The van der Waals surface area contributed by atoms with Crippen molar-refractivity contribution in [2.75, 3.05) is 12.1 Å². The lowest BCUT2D eigenvalue weighted by Crippen LogP contribution is -2.25. The van der Waals surface area contributed by atoms with Gasteiger partial charge >= 0.3 is 0 Å². The van der Waals surface area contributed by atoms with Crippen molar-refractivity contribution in [1.29, 1.82) is 0 Å². The van der Waals surface area contributed by atoms with E-state index in [-0.39, 0.29) is 21.8 Å². The predicted molar refractivity (Wildman–Crippen MR) is 152 cm³/mol. The Labute approximate surface area is 227 Å². The van der Waals surface area contributed by atoms with Gasteiger partial charge in [0.25, 0.3) is 11.6 Å². The van der Waals surface area contributed by atoms with Crippen molar-refractivity contribution in [2.45, 2.75) is 0 Å². The van der Waals surface area contributed by atoms with Crippen LogP contribution in [0.15, 0.2) is 87.3 Å². The number of amides is 1. The number of para-hydroxylation sites is 1. The Kier molecular flexibility index (Phi) is 6.09. The van der Waals surface area contributed by atoms with E-state index in [1.54, 1.807) is 61.7 Å². The van der Waals surface area contributed by atoms with Gasteiger partial charge < -0.3 is 9.15 Å². The fraction of sp³-hybridized carbons (Fsp3) is 0.0370. The zero-order chi connectivity index (χ0) is 27.1. The minimum atomic E-state index is -0.508. The van der Waals surface area contributed by atoms with E-state index < -0.39 is 10.8 Å². The molecule has 3 aromatic carbocycles. The molecule has 0 N–H and O–H groups in total. The summed E-state index contributed by atoms with van der Waals surface area (Å²) in [6.45, 7) is 0. The standard InChI is InChI=1S/C27H16N4O6S2/c1-36-18-7-8-20-23(12-18)39-27(29-20)30(28-13-16-14-37-21-5-3-2-4-19(21)25(16)32)26(33)24-11-15-10-17(31(34)35)6-9-22(15)38-24/h2-14H,1H3/b28-13+. The molecule has 6 rings (SSSR count). The molecule has 192 valence electrons. The number of aromatic nitrogens is 1. The van der Waals surface area contributed by atoms with Crippen LogP contribution in [-0.4, -0.2) is 29.1 Å². The molecule has 0 aliphatic rings. The van der Waals surface area contributed by atoms with Crippen LogP contribution < -0.4 is 15.2 Å². The number of nitro benzene ring substituents is 1. The molecule has 3 heterocycles. The molecule has 6 aromatic rings. The molecule has 0 radical (unpaired) electrons. The monoisotopic (exact) mass is 556 g/mol. The molecular formula is C27H16N4O6S2. The maximum Gasteiger partial charge on any atom is 0.290 e. The summed E-state index contributed by atoms with van der Waals surface area (Å²) >= 11 is 2.40. The average molecular weight is 557 g/mol. The van der Waals surface area contributed by atoms with Gasteiger partial charge in [-0.3, -0.25) is 19.7 Å². The average Bonchev–Trinajstić information content (AvgIpc) is 3.57. The minimum absolute atomic E-state index is 0.0719. The molecule has 1 amide bonds. The quantitative estimate of drug-likeness (QED) is 0.135. The number of anilines is 1. The number of rotatable bonds is 6. The molecule has 0 fully saturated rings. The molecule has 0 bridgehead atoms. The van der Waals surface area contributed by atoms with E-state index >= 15 is 0 Å². The Morgan fingerprint density at radius 3 is 2.77 bits per heavy atom. The number of hydrogen-bond acceptors (Lipinski definition) is 10. The van der Waals surface area contributed by atoms with Gasteiger partial charge in [0, 0.05) is 22.2 Å². The van der Waals surface area contributed by atoms with Gasteiger partial charge in [0.2, 0.25) is 10.6 Å². The number of thiazole rings is 1. The van der Waals surface area contributed by atoms with Crippen LogP contribution in [0.25, 0.3) is 31.3 Å². The Morgan fingerprint density at radius 1 is 1.10 bits per heavy atom. The van der Waals surface area contributed by atoms with Gasteiger partial charge in [0.1, 0.15) is 17.6 Å². The first-order chi connectivity index (χ1) is 18.9. The third-order valence-electron chi connectivity index (χ3n) is 5.90. The van der Waals surface area contributed by atoms with E-state index in [9.17, 15) is 19.7 Å². The molecule has 10 nitrogen and oxygen atoms in total. The highest BCUT2D eigenvalue weighted by molar-refractivity contribution is 7.23. The number of carbonyl (C=O) groups excluding carboxylic acids is 1. The summed E-state index contributed by atoms with van der Waals surface area (Å²) in [4.78, 5) is 42.4. The van der Waals surface area contributed by atoms with Crippen LogP contribution in [0.5, 0.6) is 5.75 Å². The number of ether oxygens (including phenoxy) is 1. The normalized spacial score (nSPS) is 11.5. The van der Waals surface area contributed by atoms with Gasteiger partial charge in [-0.15, -0.1) is 11.3 Å². The van der Waals surface area contributed by atoms with Gasteiger partial charge in [0.05, 0.1) is 44.3 Å². The number of nitro groups is 1. The van der Waals surface area contributed by atoms with Gasteiger partial charge in [-0.25, -0.2) is 4.98 Å². The molecule has 0 unspecified atom stereocenters. The summed E-state index contributed by atoms with van der Waals surface area (Å²) < 4.78 is 12.4. The smallest absolute Gasteiger partial charge is 0.290 e. The summed E-state index contributed by atoms with van der Waals surface area (Å²) in [7, 11) is 1.56. The molecule has 0 atom stereocenters.